The number of imide groups is 2. The van der Waals surface area contributed by atoms with Crippen molar-refractivity contribution in [1.82, 2.24) is 10.7 Å². The summed E-state index contributed by atoms with van der Waals surface area (Å²) in [6.07, 6.45) is 1.01. The van der Waals surface area contributed by atoms with Crippen LogP contribution in [0.25, 0.3) is 0 Å². The number of carbonyl (C=O) groups excluding carboxylic acids is 4. The fourth-order valence-electron chi connectivity index (χ4n) is 2.50. The van der Waals surface area contributed by atoms with Crippen LogP contribution in [0.4, 0.5) is 10.5 Å². The fourth-order valence-corrected chi connectivity index (χ4v) is 2.86. The van der Waals surface area contributed by atoms with E-state index in [2.05, 4.69) is 38.4 Å². The number of carbonyl (C=O) groups is 4. The van der Waals surface area contributed by atoms with Crippen LogP contribution in [0.3, 0.4) is 0 Å². The third kappa shape index (κ3) is 4.25. The van der Waals surface area contributed by atoms with Crippen LogP contribution < -0.4 is 15.6 Å². The topological polar surface area (TPSA) is 108 Å². The van der Waals surface area contributed by atoms with Gasteiger partial charge < -0.3 is 0 Å². The maximum atomic E-state index is 12.7. The number of hydrogen-bond acceptors (Lipinski definition) is 5. The molecule has 1 fully saturated rings. The van der Waals surface area contributed by atoms with Gasteiger partial charge in [0.05, 0.1) is 5.69 Å². The zero-order chi connectivity index (χ0) is 20.3. The first-order valence-corrected chi connectivity index (χ1v) is 9.29. The van der Waals surface area contributed by atoms with E-state index < -0.39 is 29.7 Å². The van der Waals surface area contributed by atoms with Gasteiger partial charge >= 0.3 is 6.03 Å². The minimum atomic E-state index is -1.34. The maximum absolute atomic E-state index is 12.7. The Balaban J connectivity index is 1.74. The van der Waals surface area contributed by atoms with Crippen molar-refractivity contribution in [2.45, 2.75) is 6.92 Å². The molecule has 0 spiro atoms. The van der Waals surface area contributed by atoms with Gasteiger partial charge in [0, 0.05) is 15.3 Å². The van der Waals surface area contributed by atoms with Gasteiger partial charge in [-0.1, -0.05) is 17.7 Å². The predicted octanol–water partition coefficient (Wildman–Crippen LogP) is 2.21. The van der Waals surface area contributed by atoms with Gasteiger partial charge in [-0.05, 0) is 65.9 Å². The SMILES string of the molecule is Cc1ccc(C(=O)N/N=C\[C@@H]2C(=O)NC(=O)N(c3ccc(I)cc3)C2=O)cc1. The van der Waals surface area contributed by atoms with E-state index >= 15 is 0 Å². The number of nitrogens with one attached hydrogen (secondary N) is 2. The number of anilines is 1. The average molecular weight is 490 g/mol. The minimum Gasteiger partial charge on any atom is -0.276 e. The number of benzene rings is 2. The molecule has 3 rings (SSSR count). The number of nitrogens with zero attached hydrogens (tertiary/aromatic N) is 2. The molecule has 0 bridgehead atoms. The smallest absolute Gasteiger partial charge is 0.276 e. The minimum absolute atomic E-state index is 0.331. The Morgan fingerprint density at radius 3 is 2.39 bits per heavy atom. The van der Waals surface area contributed by atoms with E-state index in [1.165, 1.54) is 0 Å². The molecule has 9 heteroatoms. The Kier molecular flexibility index (Phi) is 5.83. The van der Waals surface area contributed by atoms with Crippen LogP contribution in [0, 0.1) is 16.4 Å². The van der Waals surface area contributed by atoms with E-state index in [0.717, 1.165) is 20.2 Å². The molecule has 1 aliphatic rings. The van der Waals surface area contributed by atoms with Crippen LogP contribution in [0.15, 0.2) is 53.6 Å². The highest BCUT2D eigenvalue weighted by Gasteiger charge is 2.40. The number of aryl methyl sites for hydroxylation is 1. The van der Waals surface area contributed by atoms with Crippen molar-refractivity contribution in [2.75, 3.05) is 4.90 Å². The van der Waals surface area contributed by atoms with Gasteiger partial charge in [-0.15, -0.1) is 0 Å². The summed E-state index contributed by atoms with van der Waals surface area (Å²) in [5.41, 5.74) is 4.00. The highest BCUT2D eigenvalue weighted by molar-refractivity contribution is 14.1. The van der Waals surface area contributed by atoms with Crippen LogP contribution in [0.2, 0.25) is 0 Å². The third-order valence-electron chi connectivity index (χ3n) is 3.99. The summed E-state index contributed by atoms with van der Waals surface area (Å²) in [6, 6.07) is 12.7. The summed E-state index contributed by atoms with van der Waals surface area (Å²) in [5.74, 6) is -3.37. The van der Waals surface area contributed by atoms with Crippen molar-refractivity contribution < 1.29 is 19.2 Å². The molecule has 0 radical (unpaired) electrons. The monoisotopic (exact) mass is 490 g/mol. The molecule has 5 amide bonds. The molecule has 2 N–H and O–H groups in total. The lowest BCUT2D eigenvalue weighted by molar-refractivity contribution is -0.131. The van der Waals surface area contributed by atoms with Crippen LogP contribution >= 0.6 is 22.6 Å². The van der Waals surface area contributed by atoms with Gasteiger partial charge in [-0.3, -0.25) is 19.7 Å². The molecule has 2 aromatic carbocycles. The van der Waals surface area contributed by atoms with Gasteiger partial charge in [0.2, 0.25) is 5.91 Å². The fraction of sp³-hybridized carbons (Fsp3) is 0.105. The highest BCUT2D eigenvalue weighted by Crippen LogP contribution is 2.21. The summed E-state index contributed by atoms with van der Waals surface area (Å²) >= 11 is 2.10. The zero-order valence-corrected chi connectivity index (χ0v) is 16.8. The highest BCUT2D eigenvalue weighted by atomic mass is 127. The summed E-state index contributed by atoms with van der Waals surface area (Å²) < 4.78 is 0.930. The van der Waals surface area contributed by atoms with Crippen LogP contribution in [-0.2, 0) is 9.59 Å². The first kappa shape index (κ1) is 19.7. The van der Waals surface area contributed by atoms with Crippen molar-refractivity contribution >= 4 is 58.2 Å². The van der Waals surface area contributed by atoms with E-state index in [-0.39, 0.29) is 0 Å². The Bertz CT molecular complexity index is 970. The number of barbiturate groups is 1. The van der Waals surface area contributed by atoms with Crippen LogP contribution in [0.1, 0.15) is 15.9 Å². The molecule has 0 saturated carbocycles. The Hall–Kier alpha value is -3.08. The number of hydrazone groups is 1. The molecule has 1 atom stereocenters. The van der Waals surface area contributed by atoms with Gasteiger partial charge in [0.1, 0.15) is 0 Å². The summed E-state index contributed by atoms with van der Waals surface area (Å²) in [4.78, 5) is 49.7. The molecule has 28 heavy (non-hydrogen) atoms. The first-order chi connectivity index (χ1) is 13.4. The lowest BCUT2D eigenvalue weighted by atomic mass is 10.1. The Labute approximate surface area is 174 Å². The lowest BCUT2D eigenvalue weighted by Gasteiger charge is -2.28. The van der Waals surface area contributed by atoms with Gasteiger partial charge in [-0.2, -0.15) is 5.10 Å². The van der Waals surface area contributed by atoms with Crippen molar-refractivity contribution in [3.05, 3.63) is 63.2 Å². The van der Waals surface area contributed by atoms with Crippen molar-refractivity contribution in [2.24, 2.45) is 11.0 Å². The van der Waals surface area contributed by atoms with E-state index in [4.69, 9.17) is 0 Å². The summed E-state index contributed by atoms with van der Waals surface area (Å²) in [5, 5.41) is 5.84. The van der Waals surface area contributed by atoms with Crippen LogP contribution in [0.5, 0.6) is 0 Å². The number of urea groups is 1. The molecule has 1 aliphatic heterocycles. The zero-order valence-electron chi connectivity index (χ0n) is 14.7. The molecule has 2 aromatic rings. The molecule has 1 saturated heterocycles. The van der Waals surface area contributed by atoms with Crippen molar-refractivity contribution in [1.29, 1.82) is 0 Å². The van der Waals surface area contributed by atoms with E-state index in [9.17, 15) is 19.2 Å². The number of hydrogen-bond donors (Lipinski definition) is 2. The van der Waals surface area contributed by atoms with Gasteiger partial charge in [-0.25, -0.2) is 15.1 Å². The second-order valence-electron chi connectivity index (χ2n) is 6.01. The molecule has 142 valence electrons. The first-order valence-electron chi connectivity index (χ1n) is 8.21. The molecular formula is C19H15IN4O4. The van der Waals surface area contributed by atoms with Gasteiger partial charge in [0.25, 0.3) is 11.8 Å². The maximum Gasteiger partial charge on any atom is 0.335 e. The van der Waals surface area contributed by atoms with Crippen LogP contribution in [-0.4, -0.2) is 30.0 Å². The van der Waals surface area contributed by atoms with E-state index in [0.29, 0.717) is 11.3 Å². The largest absolute Gasteiger partial charge is 0.335 e. The molecule has 8 nitrogen and oxygen atoms in total. The average Bonchev–Trinajstić information content (AvgIpc) is 2.66. The second-order valence-corrected chi connectivity index (χ2v) is 7.25. The summed E-state index contributed by atoms with van der Waals surface area (Å²) in [6.45, 7) is 1.90. The third-order valence-corrected chi connectivity index (χ3v) is 4.71. The second kappa shape index (κ2) is 8.30. The predicted molar refractivity (Wildman–Crippen MR) is 111 cm³/mol. The lowest BCUT2D eigenvalue weighted by Crippen LogP contribution is -2.58. The van der Waals surface area contributed by atoms with E-state index in [1.807, 2.05) is 6.92 Å². The van der Waals surface area contributed by atoms with E-state index in [1.54, 1.807) is 48.5 Å². The van der Waals surface area contributed by atoms with Crippen molar-refractivity contribution in [3.63, 3.8) is 0 Å². The Morgan fingerprint density at radius 1 is 1.11 bits per heavy atom. The molecular weight excluding hydrogens is 475 g/mol. The molecule has 0 aliphatic carbocycles. The molecule has 0 unspecified atom stereocenters. The normalized spacial score (nSPS) is 17.0. The number of amides is 5. The molecule has 1 heterocycles. The van der Waals surface area contributed by atoms with Gasteiger partial charge in [0.15, 0.2) is 5.92 Å². The quantitative estimate of drug-likeness (QED) is 0.297. The summed E-state index contributed by atoms with van der Waals surface area (Å²) in [7, 11) is 0. The standard InChI is InChI=1S/C19H15IN4O4/c1-11-2-4-12(5-3-11)16(25)23-21-10-15-17(26)22-19(28)24(18(15)27)14-8-6-13(20)7-9-14/h2-10,15H,1H3,(H,23,25)(H,22,26,28)/b21-10-/t15-/m1/s1. The molecule has 0 aromatic heterocycles. The Morgan fingerprint density at radius 2 is 1.75 bits per heavy atom. The number of rotatable bonds is 4. The van der Waals surface area contributed by atoms with Crippen molar-refractivity contribution in [3.8, 4) is 0 Å². The number of halogens is 1.